The third-order valence-electron chi connectivity index (χ3n) is 20.8. The number of hydrogen-bond donors (Lipinski definition) is 0. The van der Waals surface area contributed by atoms with E-state index in [1.54, 1.807) is 0 Å². The summed E-state index contributed by atoms with van der Waals surface area (Å²) < 4.78 is 4.89. The number of rotatable bonds is 11. The van der Waals surface area contributed by atoms with Gasteiger partial charge in [0, 0.05) is 67.0 Å². The molecule has 4 nitrogen and oxygen atoms in total. The van der Waals surface area contributed by atoms with E-state index in [4.69, 9.17) is 0 Å². The largest absolute Gasteiger partial charge is 0.311 e. The first-order valence-corrected chi connectivity index (χ1v) is 34.5. The molecule has 100 heavy (non-hydrogen) atoms. The van der Waals surface area contributed by atoms with Crippen molar-refractivity contribution in [3.05, 3.63) is 376 Å². The van der Waals surface area contributed by atoms with Crippen molar-refractivity contribution in [2.45, 2.75) is 0 Å². The maximum atomic E-state index is 2.45. The van der Waals surface area contributed by atoms with Crippen molar-refractivity contribution in [1.82, 2.24) is 9.13 Å². The molecule has 466 valence electrons. The predicted octanol–water partition coefficient (Wildman–Crippen LogP) is 26.7. The topological polar surface area (TPSA) is 16.3 Å². The second kappa shape index (κ2) is 23.2. The molecule has 20 rings (SSSR count). The average molecular weight is 1270 g/mol. The molecule has 0 saturated carbocycles. The Hall–Kier alpha value is -13.3. The van der Waals surface area contributed by atoms with Crippen LogP contribution in [0.4, 0.5) is 34.1 Å². The van der Waals surface area contributed by atoms with Crippen LogP contribution in [0, 0.1) is 0 Å². The van der Waals surface area contributed by atoms with Gasteiger partial charge in [-0.3, -0.25) is 0 Å². The van der Waals surface area contributed by atoms with Gasteiger partial charge in [0.1, 0.15) is 0 Å². The molecule has 0 fully saturated rings. The van der Waals surface area contributed by atoms with Crippen LogP contribution in [0.5, 0.6) is 0 Å². The smallest absolute Gasteiger partial charge is 0.0547 e. The van der Waals surface area contributed by atoms with E-state index in [0.717, 1.165) is 56.6 Å². The van der Waals surface area contributed by atoms with Gasteiger partial charge in [-0.05, 0) is 231 Å². The first kappa shape index (κ1) is 57.0. The van der Waals surface area contributed by atoms with E-state index in [2.05, 4.69) is 395 Å². The van der Waals surface area contributed by atoms with Gasteiger partial charge in [-0.1, -0.05) is 243 Å². The maximum absolute atomic E-state index is 2.45. The molecule has 20 aromatic rings. The minimum Gasteiger partial charge on any atom is -0.311 e. The highest BCUT2D eigenvalue weighted by molar-refractivity contribution is 6.30. The fourth-order valence-electron chi connectivity index (χ4n) is 16.1. The fraction of sp³-hybridized carbons (Fsp3) is 0. The lowest BCUT2D eigenvalue weighted by atomic mass is 9.97. The Kier molecular flexibility index (Phi) is 13.2. The second-order valence-corrected chi connectivity index (χ2v) is 26.4. The molecule has 0 aliphatic carbocycles. The molecular formula is C96H62N4. The highest BCUT2D eigenvalue weighted by Crippen LogP contribution is 2.46. The molecule has 0 aliphatic rings. The van der Waals surface area contributed by atoms with Gasteiger partial charge >= 0.3 is 0 Å². The van der Waals surface area contributed by atoms with Gasteiger partial charge in [0.2, 0.25) is 0 Å². The molecule has 0 unspecified atom stereocenters. The Bertz CT molecular complexity index is 6410. The van der Waals surface area contributed by atoms with E-state index in [0.29, 0.717) is 0 Å². The van der Waals surface area contributed by atoms with E-state index < -0.39 is 0 Å². The molecule has 18 aromatic carbocycles. The minimum atomic E-state index is 1.07. The standard InChI is InChI=1S/C96H62N4/c1-2-21-75(22-3-1)97(79-49-53-81(54-50-79)99-89-57-39-67-16-5-10-24-85(67)93(89)94-86-25-11-6-17-68(86)40-58-90(94)99)76-43-33-63(34-44-76)72-31-29-65-30-32-73(62-74(65)61-72)64-35-45-77(46-36-64)98(78-47-37-71(38-48-78)84-28-14-20-66-15-4-9-23-83(66)84)80-51-55-82(56-52-80)100-91-59-41-69-18-7-12-26-87(69)95(91)96-88-27-13-8-19-70(88)42-60-92(96)100/h1-62H. The van der Waals surface area contributed by atoms with Crippen LogP contribution >= 0.6 is 0 Å². The minimum absolute atomic E-state index is 1.07. The summed E-state index contributed by atoms with van der Waals surface area (Å²) in [7, 11) is 0. The molecule has 2 heterocycles. The Balaban J connectivity index is 0.623. The summed E-state index contributed by atoms with van der Waals surface area (Å²) in [4.78, 5) is 4.74. The molecular weight excluding hydrogens is 1210 g/mol. The van der Waals surface area contributed by atoms with Crippen molar-refractivity contribution < 1.29 is 0 Å². The molecule has 0 aliphatic heterocycles. The number of anilines is 6. The van der Waals surface area contributed by atoms with Gasteiger partial charge in [0.25, 0.3) is 0 Å². The van der Waals surface area contributed by atoms with Gasteiger partial charge in [0.15, 0.2) is 0 Å². The van der Waals surface area contributed by atoms with Crippen LogP contribution in [-0.4, -0.2) is 9.13 Å². The van der Waals surface area contributed by atoms with Gasteiger partial charge in [-0.25, -0.2) is 0 Å². The number of aromatic nitrogens is 2. The van der Waals surface area contributed by atoms with Gasteiger partial charge in [0.05, 0.1) is 22.1 Å². The summed E-state index contributed by atoms with van der Waals surface area (Å²) in [5, 5.41) is 20.0. The Morgan fingerprint density at radius 2 is 0.450 bits per heavy atom. The van der Waals surface area contributed by atoms with Crippen molar-refractivity contribution in [2.75, 3.05) is 9.80 Å². The van der Waals surface area contributed by atoms with E-state index in [9.17, 15) is 0 Å². The lowest BCUT2D eigenvalue weighted by molar-refractivity contribution is 1.17. The molecule has 0 spiro atoms. The van der Waals surface area contributed by atoms with Gasteiger partial charge in [-0.2, -0.15) is 0 Å². The van der Waals surface area contributed by atoms with Crippen molar-refractivity contribution in [1.29, 1.82) is 0 Å². The predicted molar refractivity (Wildman–Crippen MR) is 426 cm³/mol. The third kappa shape index (κ3) is 9.37. The number of fused-ring (bicyclic) bond motifs is 16. The van der Waals surface area contributed by atoms with Crippen molar-refractivity contribution in [3.63, 3.8) is 0 Å². The summed E-state index contributed by atoms with van der Waals surface area (Å²) in [5.74, 6) is 0. The Labute approximate surface area is 578 Å². The van der Waals surface area contributed by atoms with Crippen molar-refractivity contribution >= 4 is 142 Å². The molecule has 0 amide bonds. The zero-order valence-corrected chi connectivity index (χ0v) is 54.6. The molecule has 0 bridgehead atoms. The highest BCUT2D eigenvalue weighted by atomic mass is 15.1. The number of benzene rings is 18. The quantitative estimate of drug-likeness (QED) is 0.128. The Morgan fingerprint density at radius 1 is 0.170 bits per heavy atom. The Morgan fingerprint density at radius 3 is 0.830 bits per heavy atom. The van der Waals surface area contributed by atoms with E-state index >= 15 is 0 Å². The number of nitrogens with zero attached hydrogens (tertiary/aromatic N) is 4. The summed E-state index contributed by atoms with van der Waals surface area (Å²) in [6.45, 7) is 0. The second-order valence-electron chi connectivity index (χ2n) is 26.4. The normalized spacial score (nSPS) is 11.8. The lowest BCUT2D eigenvalue weighted by Crippen LogP contribution is -2.10. The summed E-state index contributed by atoms with van der Waals surface area (Å²) >= 11 is 0. The zero-order valence-electron chi connectivity index (χ0n) is 54.6. The third-order valence-corrected chi connectivity index (χ3v) is 20.8. The van der Waals surface area contributed by atoms with Crippen LogP contribution in [-0.2, 0) is 0 Å². The first-order valence-electron chi connectivity index (χ1n) is 34.5. The molecule has 2 aromatic heterocycles. The van der Waals surface area contributed by atoms with E-state index in [1.807, 2.05) is 0 Å². The van der Waals surface area contributed by atoms with Crippen LogP contribution in [0.1, 0.15) is 0 Å². The monoisotopic (exact) mass is 1270 g/mol. The first-order chi connectivity index (χ1) is 49.6. The summed E-state index contributed by atoms with van der Waals surface area (Å²) in [5.41, 5.74) is 20.5. The van der Waals surface area contributed by atoms with Crippen LogP contribution in [0.25, 0.3) is 153 Å². The van der Waals surface area contributed by atoms with E-state index in [1.165, 1.54) is 131 Å². The van der Waals surface area contributed by atoms with Gasteiger partial charge in [-0.15, -0.1) is 0 Å². The average Bonchev–Trinajstić information content (AvgIpc) is 1.57. The van der Waals surface area contributed by atoms with Crippen LogP contribution in [0.3, 0.4) is 0 Å². The maximum Gasteiger partial charge on any atom is 0.0547 e. The van der Waals surface area contributed by atoms with Crippen molar-refractivity contribution in [3.8, 4) is 44.8 Å². The summed E-state index contributed by atoms with van der Waals surface area (Å²) in [6, 6.07) is 138. The summed E-state index contributed by atoms with van der Waals surface area (Å²) in [6.07, 6.45) is 0. The number of hydrogen-bond acceptors (Lipinski definition) is 2. The fourth-order valence-corrected chi connectivity index (χ4v) is 16.1. The van der Waals surface area contributed by atoms with Gasteiger partial charge < -0.3 is 18.9 Å². The molecule has 0 radical (unpaired) electrons. The van der Waals surface area contributed by atoms with Crippen LogP contribution in [0.15, 0.2) is 376 Å². The molecule has 0 saturated heterocycles. The molecule has 0 atom stereocenters. The lowest BCUT2D eigenvalue weighted by Gasteiger charge is -2.26. The van der Waals surface area contributed by atoms with E-state index in [-0.39, 0.29) is 0 Å². The molecule has 4 heteroatoms. The zero-order chi connectivity index (χ0) is 65.8. The molecule has 0 N–H and O–H groups in total. The SMILES string of the molecule is c1ccc(N(c2ccc(-c3ccc4ccc(-c5ccc(N(c6ccc(-c7cccc8ccccc78)cc6)c6ccc(-n7c8ccc9ccccc9c8c8c9ccccc9ccc87)cc6)cc5)cc4c3)cc2)c2ccc(-n3c4ccc5ccccc5c4c4c5ccccc5ccc43)cc2)cc1. The van der Waals surface area contributed by atoms with Crippen molar-refractivity contribution in [2.24, 2.45) is 0 Å². The number of para-hydroxylation sites is 1. The van der Waals surface area contributed by atoms with Crippen LogP contribution in [0.2, 0.25) is 0 Å². The highest BCUT2D eigenvalue weighted by Gasteiger charge is 2.22. The van der Waals surface area contributed by atoms with Crippen LogP contribution < -0.4 is 9.80 Å².